The van der Waals surface area contributed by atoms with Crippen LogP contribution in [0.3, 0.4) is 0 Å². The van der Waals surface area contributed by atoms with Gasteiger partial charge in [0.15, 0.2) is 6.29 Å². The quantitative estimate of drug-likeness (QED) is 0.852. The Balaban J connectivity index is 1.43. The fourth-order valence-electron chi connectivity index (χ4n) is 4.18. The minimum absolute atomic E-state index is 0.00973. The number of benzene rings is 1. The van der Waals surface area contributed by atoms with Crippen LogP contribution in [0.2, 0.25) is 0 Å². The lowest BCUT2D eigenvalue weighted by Gasteiger charge is -2.37. The highest BCUT2D eigenvalue weighted by Gasteiger charge is 2.40. The third kappa shape index (κ3) is 3.08. The molecule has 0 radical (unpaired) electrons. The predicted octanol–water partition coefficient (Wildman–Crippen LogP) is 2.19. The molecule has 2 atom stereocenters. The second-order valence-electron chi connectivity index (χ2n) is 7.14. The van der Waals surface area contributed by atoms with Crippen molar-refractivity contribution in [3.05, 3.63) is 29.8 Å². The molecule has 3 aliphatic rings. The summed E-state index contributed by atoms with van der Waals surface area (Å²) in [6.45, 7) is 6.18. The zero-order valence-electron chi connectivity index (χ0n) is 14.3. The maximum absolute atomic E-state index is 12.9. The van der Waals surface area contributed by atoms with Crippen LogP contribution in [0.4, 0.5) is 5.69 Å². The number of anilines is 1. The Hall–Kier alpha value is -1.43. The number of carbonyl (C=O) groups excluding carboxylic acids is 1. The molecule has 1 aromatic rings. The van der Waals surface area contributed by atoms with Gasteiger partial charge in [-0.05, 0) is 44.9 Å². The van der Waals surface area contributed by atoms with Crippen LogP contribution in [0.15, 0.2) is 24.3 Å². The number of amides is 1. The lowest BCUT2D eigenvalue weighted by molar-refractivity contribution is -0.126. The van der Waals surface area contributed by atoms with E-state index in [2.05, 4.69) is 36.1 Å². The summed E-state index contributed by atoms with van der Waals surface area (Å²) in [7, 11) is 0. The molecule has 3 saturated heterocycles. The topological polar surface area (TPSA) is 42.0 Å². The van der Waals surface area contributed by atoms with Gasteiger partial charge in [-0.2, -0.15) is 0 Å². The van der Waals surface area contributed by atoms with Crippen LogP contribution in [0, 0.1) is 12.8 Å². The van der Waals surface area contributed by atoms with Crippen molar-refractivity contribution in [1.82, 2.24) is 4.90 Å². The van der Waals surface area contributed by atoms with Gasteiger partial charge in [0.05, 0.1) is 19.3 Å². The minimum atomic E-state index is -0.0718. The third-order valence-corrected chi connectivity index (χ3v) is 5.49. The number of carbonyl (C=O) groups is 1. The molecule has 3 heterocycles. The molecule has 1 amide bonds. The van der Waals surface area contributed by atoms with Crippen LogP contribution in [0.25, 0.3) is 0 Å². The van der Waals surface area contributed by atoms with E-state index in [1.807, 2.05) is 4.90 Å². The molecular formula is C19H26N2O3. The van der Waals surface area contributed by atoms with E-state index in [1.54, 1.807) is 0 Å². The smallest absolute Gasteiger partial charge is 0.244 e. The van der Waals surface area contributed by atoms with Gasteiger partial charge in [0.1, 0.15) is 0 Å². The molecular weight excluding hydrogens is 304 g/mol. The first kappa shape index (κ1) is 16.1. The van der Waals surface area contributed by atoms with E-state index in [0.29, 0.717) is 19.1 Å². The molecule has 0 bridgehead atoms. The number of hydrogen-bond donors (Lipinski definition) is 0. The number of piperidine rings is 1. The molecule has 4 rings (SSSR count). The summed E-state index contributed by atoms with van der Waals surface area (Å²) in [5.41, 5.74) is 2.24. The summed E-state index contributed by atoms with van der Waals surface area (Å²) in [6, 6.07) is 8.25. The minimum Gasteiger partial charge on any atom is -0.350 e. The van der Waals surface area contributed by atoms with E-state index in [-0.39, 0.29) is 18.2 Å². The summed E-state index contributed by atoms with van der Waals surface area (Å²) in [6.07, 6.45) is 3.08. The summed E-state index contributed by atoms with van der Waals surface area (Å²) in [4.78, 5) is 17.2. The predicted molar refractivity (Wildman–Crippen MR) is 91.9 cm³/mol. The maximum atomic E-state index is 12.9. The molecule has 5 nitrogen and oxygen atoms in total. The van der Waals surface area contributed by atoms with Crippen molar-refractivity contribution in [2.75, 3.05) is 37.7 Å². The van der Waals surface area contributed by atoms with E-state index in [0.717, 1.165) is 44.6 Å². The normalized spacial score (nSPS) is 29.5. The second kappa shape index (κ2) is 6.82. The van der Waals surface area contributed by atoms with Gasteiger partial charge in [0.25, 0.3) is 0 Å². The van der Waals surface area contributed by atoms with Crippen molar-refractivity contribution in [2.24, 2.45) is 5.92 Å². The van der Waals surface area contributed by atoms with Crippen molar-refractivity contribution in [3.8, 4) is 0 Å². The summed E-state index contributed by atoms with van der Waals surface area (Å²) in [5.74, 6) is 0.634. The van der Waals surface area contributed by atoms with Gasteiger partial charge in [-0.25, -0.2) is 0 Å². The van der Waals surface area contributed by atoms with Crippen LogP contribution < -0.4 is 4.90 Å². The maximum Gasteiger partial charge on any atom is 0.244 e. The first-order chi connectivity index (χ1) is 11.7. The average molecular weight is 330 g/mol. The molecule has 24 heavy (non-hydrogen) atoms. The average Bonchev–Trinajstić information content (AvgIpc) is 3.26. The van der Waals surface area contributed by atoms with Gasteiger partial charge in [-0.15, -0.1) is 0 Å². The fraction of sp³-hybridized carbons (Fsp3) is 0.632. The molecule has 0 aliphatic carbocycles. The molecule has 130 valence electrons. The van der Waals surface area contributed by atoms with Crippen LogP contribution >= 0.6 is 0 Å². The van der Waals surface area contributed by atoms with Gasteiger partial charge in [0, 0.05) is 24.7 Å². The fourth-order valence-corrected chi connectivity index (χ4v) is 4.18. The Morgan fingerprint density at radius 2 is 1.79 bits per heavy atom. The van der Waals surface area contributed by atoms with Crippen molar-refractivity contribution in [1.29, 1.82) is 0 Å². The van der Waals surface area contributed by atoms with Crippen LogP contribution in [-0.4, -0.2) is 56.0 Å². The molecule has 2 unspecified atom stereocenters. The SMILES string of the molecule is Cc1ccc(N2CCC(N3CCCC(C4OCCO4)C3)C2=O)cc1. The number of nitrogens with zero attached hydrogens (tertiary/aromatic N) is 2. The Morgan fingerprint density at radius 3 is 2.54 bits per heavy atom. The first-order valence-electron chi connectivity index (χ1n) is 9.08. The number of ether oxygens (including phenoxy) is 2. The van der Waals surface area contributed by atoms with Gasteiger partial charge >= 0.3 is 0 Å². The standard InChI is InChI=1S/C19H26N2O3/c1-14-4-6-16(7-5-14)21-10-8-17(18(21)22)20-9-2-3-15(13-20)19-23-11-12-24-19/h4-7,15,17,19H,2-3,8-13H2,1H3. The lowest BCUT2D eigenvalue weighted by atomic mass is 9.95. The van der Waals surface area contributed by atoms with Crippen molar-refractivity contribution < 1.29 is 14.3 Å². The Bertz CT molecular complexity index is 583. The monoisotopic (exact) mass is 330 g/mol. The zero-order chi connectivity index (χ0) is 16.5. The van der Waals surface area contributed by atoms with Crippen molar-refractivity contribution >= 4 is 11.6 Å². The zero-order valence-corrected chi connectivity index (χ0v) is 14.3. The molecule has 1 aromatic carbocycles. The molecule has 3 fully saturated rings. The lowest BCUT2D eigenvalue weighted by Crippen LogP contribution is -2.49. The number of likely N-dealkylation sites (tertiary alicyclic amines) is 1. The van der Waals surface area contributed by atoms with E-state index < -0.39 is 0 Å². The summed E-state index contributed by atoms with van der Waals surface area (Å²) in [5, 5.41) is 0. The van der Waals surface area contributed by atoms with Crippen LogP contribution in [0.1, 0.15) is 24.8 Å². The highest BCUT2D eigenvalue weighted by atomic mass is 16.7. The number of aryl methyl sites for hydroxylation is 1. The molecule has 0 aromatic heterocycles. The highest BCUT2D eigenvalue weighted by Crippen LogP contribution is 2.30. The first-order valence-corrected chi connectivity index (χ1v) is 9.08. The van der Waals surface area contributed by atoms with Crippen molar-refractivity contribution in [3.63, 3.8) is 0 Å². The summed E-state index contributed by atoms with van der Waals surface area (Å²) < 4.78 is 11.4. The highest BCUT2D eigenvalue weighted by molar-refractivity contribution is 5.99. The van der Waals surface area contributed by atoms with E-state index in [9.17, 15) is 4.79 Å². The molecule has 0 spiro atoms. The van der Waals surface area contributed by atoms with Gasteiger partial charge in [-0.1, -0.05) is 17.7 Å². The van der Waals surface area contributed by atoms with Gasteiger partial charge in [0.2, 0.25) is 5.91 Å². The summed E-state index contributed by atoms with van der Waals surface area (Å²) >= 11 is 0. The van der Waals surface area contributed by atoms with E-state index >= 15 is 0 Å². The van der Waals surface area contributed by atoms with Gasteiger partial charge in [-0.3, -0.25) is 9.69 Å². The molecule has 3 aliphatic heterocycles. The van der Waals surface area contributed by atoms with Crippen molar-refractivity contribution in [2.45, 2.75) is 38.5 Å². The largest absolute Gasteiger partial charge is 0.350 e. The number of hydrogen-bond acceptors (Lipinski definition) is 4. The van der Waals surface area contributed by atoms with Gasteiger partial charge < -0.3 is 14.4 Å². The Labute approximate surface area is 143 Å². The molecule has 0 saturated carbocycles. The Kier molecular flexibility index (Phi) is 4.57. The van der Waals surface area contributed by atoms with E-state index in [4.69, 9.17) is 9.47 Å². The number of rotatable bonds is 3. The third-order valence-electron chi connectivity index (χ3n) is 5.49. The molecule has 0 N–H and O–H groups in total. The van der Waals surface area contributed by atoms with E-state index in [1.165, 1.54) is 5.56 Å². The second-order valence-corrected chi connectivity index (χ2v) is 7.14. The van der Waals surface area contributed by atoms with Crippen LogP contribution in [-0.2, 0) is 14.3 Å². The molecule has 5 heteroatoms. The Morgan fingerprint density at radius 1 is 1.04 bits per heavy atom. The van der Waals surface area contributed by atoms with Crippen LogP contribution in [0.5, 0.6) is 0 Å².